The van der Waals surface area contributed by atoms with Crippen LogP contribution in [0.15, 0.2) is 83.5 Å². The van der Waals surface area contributed by atoms with Gasteiger partial charge in [-0.25, -0.2) is 9.78 Å². The van der Waals surface area contributed by atoms with E-state index in [1.54, 1.807) is 12.3 Å². The summed E-state index contributed by atoms with van der Waals surface area (Å²) in [6.45, 7) is 0. The molecule has 5 rings (SSSR count). The van der Waals surface area contributed by atoms with Crippen LogP contribution in [0.5, 0.6) is 0 Å². The number of hydrogen-bond donors (Lipinski definition) is 3. The van der Waals surface area contributed by atoms with Crippen LogP contribution in [-0.2, 0) is 0 Å². The molecule has 0 aliphatic heterocycles. The average Bonchev–Trinajstić information content (AvgIpc) is 3.34. The van der Waals surface area contributed by atoms with E-state index in [9.17, 15) is 4.79 Å². The molecular weight excluding hydrogens is 352 g/mol. The molecule has 6 nitrogen and oxygen atoms in total. The summed E-state index contributed by atoms with van der Waals surface area (Å²) < 4.78 is 5.30. The highest BCUT2D eigenvalue weighted by Crippen LogP contribution is 2.23. The van der Waals surface area contributed by atoms with E-state index in [0.29, 0.717) is 11.4 Å². The summed E-state index contributed by atoms with van der Waals surface area (Å²) >= 11 is 0. The highest BCUT2D eigenvalue weighted by atomic mass is 16.3. The second-order valence-electron chi connectivity index (χ2n) is 6.43. The highest BCUT2D eigenvalue weighted by molar-refractivity contribution is 6.01. The Morgan fingerprint density at radius 1 is 0.893 bits per heavy atom. The Balaban J connectivity index is 1.29. The lowest BCUT2D eigenvalue weighted by molar-refractivity contribution is 0.262. The molecule has 0 spiro atoms. The standard InChI is InChI=1S/C22H16N4O2/c27-22(24-17-9-10-20-15(13-17)11-12-28-20)23-16-7-5-14(6-8-16)21-25-18-3-1-2-4-19(18)26-21/h1-13H,(H,25,26)(H2,23,24,27). The van der Waals surface area contributed by atoms with Gasteiger partial charge in [0.25, 0.3) is 0 Å². The van der Waals surface area contributed by atoms with E-state index >= 15 is 0 Å². The third-order valence-corrected chi connectivity index (χ3v) is 4.52. The van der Waals surface area contributed by atoms with E-state index in [1.165, 1.54) is 0 Å². The van der Waals surface area contributed by atoms with Crippen molar-refractivity contribution in [3.63, 3.8) is 0 Å². The Labute approximate surface area is 160 Å². The molecule has 0 saturated carbocycles. The Morgan fingerprint density at radius 3 is 2.54 bits per heavy atom. The second-order valence-corrected chi connectivity index (χ2v) is 6.43. The van der Waals surface area contributed by atoms with E-state index < -0.39 is 0 Å². The Hall–Kier alpha value is -4.06. The SMILES string of the molecule is O=C(Nc1ccc(-c2nc3ccccc3[nH]2)cc1)Nc1ccc2occc2c1. The first kappa shape index (κ1) is 16.1. The van der Waals surface area contributed by atoms with Crippen LogP contribution in [0.1, 0.15) is 0 Å². The summed E-state index contributed by atoms with van der Waals surface area (Å²) in [5.74, 6) is 0.797. The van der Waals surface area contributed by atoms with E-state index in [1.807, 2.05) is 66.7 Å². The maximum absolute atomic E-state index is 12.3. The van der Waals surface area contributed by atoms with Crippen LogP contribution in [0.25, 0.3) is 33.4 Å². The quantitative estimate of drug-likeness (QED) is 0.386. The molecule has 6 heteroatoms. The molecule has 0 aliphatic rings. The lowest BCUT2D eigenvalue weighted by atomic mass is 10.2. The minimum atomic E-state index is -0.306. The van der Waals surface area contributed by atoms with Crippen molar-refractivity contribution in [3.8, 4) is 11.4 Å². The van der Waals surface area contributed by atoms with Crippen LogP contribution >= 0.6 is 0 Å². The van der Waals surface area contributed by atoms with Crippen molar-refractivity contribution in [2.24, 2.45) is 0 Å². The van der Waals surface area contributed by atoms with Crippen LogP contribution in [0.4, 0.5) is 16.2 Å². The normalized spacial score (nSPS) is 11.0. The number of nitrogens with one attached hydrogen (secondary N) is 3. The summed E-state index contributed by atoms with van der Waals surface area (Å²) in [6.07, 6.45) is 1.62. The van der Waals surface area contributed by atoms with E-state index in [4.69, 9.17) is 4.42 Å². The topological polar surface area (TPSA) is 83.0 Å². The predicted octanol–water partition coefficient (Wildman–Crippen LogP) is 5.62. The van der Waals surface area contributed by atoms with Crippen LogP contribution in [0.2, 0.25) is 0 Å². The van der Waals surface area contributed by atoms with Crippen molar-refractivity contribution in [2.45, 2.75) is 0 Å². The molecule has 28 heavy (non-hydrogen) atoms. The van der Waals surface area contributed by atoms with Gasteiger partial charge in [-0.2, -0.15) is 0 Å². The molecule has 0 saturated heterocycles. The van der Waals surface area contributed by atoms with Crippen LogP contribution in [0, 0.1) is 0 Å². The van der Waals surface area contributed by atoms with Gasteiger partial charge in [-0.1, -0.05) is 12.1 Å². The number of amides is 2. The van der Waals surface area contributed by atoms with Gasteiger partial charge in [-0.15, -0.1) is 0 Å². The molecule has 3 aromatic carbocycles. The first-order valence-corrected chi connectivity index (χ1v) is 8.85. The molecule has 2 aromatic heterocycles. The van der Waals surface area contributed by atoms with Gasteiger partial charge >= 0.3 is 6.03 Å². The molecular formula is C22H16N4O2. The minimum absolute atomic E-state index is 0.306. The maximum atomic E-state index is 12.3. The number of fused-ring (bicyclic) bond motifs is 2. The number of hydrogen-bond acceptors (Lipinski definition) is 3. The number of benzene rings is 3. The number of rotatable bonds is 3. The number of imidazole rings is 1. The molecule has 0 unspecified atom stereocenters. The number of para-hydroxylation sites is 2. The first-order valence-electron chi connectivity index (χ1n) is 8.85. The van der Waals surface area contributed by atoms with Crippen LogP contribution in [-0.4, -0.2) is 16.0 Å². The number of carbonyl (C=O) groups excluding carboxylic acids is 1. The largest absolute Gasteiger partial charge is 0.464 e. The van der Waals surface area contributed by atoms with Gasteiger partial charge in [0.05, 0.1) is 17.3 Å². The number of nitrogens with zero attached hydrogens (tertiary/aromatic N) is 1. The van der Waals surface area contributed by atoms with Gasteiger partial charge in [0.1, 0.15) is 11.4 Å². The fraction of sp³-hybridized carbons (Fsp3) is 0. The third-order valence-electron chi connectivity index (χ3n) is 4.52. The van der Waals surface area contributed by atoms with Crippen LogP contribution in [0.3, 0.4) is 0 Å². The molecule has 5 aromatic rings. The van der Waals surface area contributed by atoms with Gasteiger partial charge in [0, 0.05) is 22.3 Å². The lowest BCUT2D eigenvalue weighted by Crippen LogP contribution is -2.19. The Morgan fingerprint density at radius 2 is 1.68 bits per heavy atom. The summed E-state index contributed by atoms with van der Waals surface area (Å²) in [6, 6.07) is 22.5. The molecule has 0 fully saturated rings. The van der Waals surface area contributed by atoms with Gasteiger partial charge in [-0.3, -0.25) is 0 Å². The van der Waals surface area contributed by atoms with Crippen molar-refractivity contribution < 1.29 is 9.21 Å². The zero-order chi connectivity index (χ0) is 18.9. The Kier molecular flexibility index (Phi) is 3.80. The van der Waals surface area contributed by atoms with E-state index in [2.05, 4.69) is 20.6 Å². The van der Waals surface area contributed by atoms with Crippen molar-refractivity contribution in [1.29, 1.82) is 0 Å². The Bertz CT molecular complexity index is 1250. The highest BCUT2D eigenvalue weighted by Gasteiger charge is 2.07. The van der Waals surface area contributed by atoms with Crippen molar-refractivity contribution in [3.05, 3.63) is 79.1 Å². The molecule has 0 atom stereocenters. The minimum Gasteiger partial charge on any atom is -0.464 e. The molecule has 0 aliphatic carbocycles. The van der Waals surface area contributed by atoms with E-state index in [0.717, 1.165) is 33.4 Å². The van der Waals surface area contributed by atoms with Gasteiger partial charge < -0.3 is 20.0 Å². The number of furan rings is 1. The molecule has 3 N–H and O–H groups in total. The van der Waals surface area contributed by atoms with Gasteiger partial charge in [0.15, 0.2) is 0 Å². The fourth-order valence-electron chi connectivity index (χ4n) is 3.14. The summed E-state index contributed by atoms with van der Waals surface area (Å²) in [4.78, 5) is 20.1. The van der Waals surface area contributed by atoms with Gasteiger partial charge in [-0.05, 0) is 60.7 Å². The average molecular weight is 368 g/mol. The number of urea groups is 1. The molecule has 0 radical (unpaired) electrons. The number of carbonyl (C=O) groups is 1. The van der Waals surface area contributed by atoms with Gasteiger partial charge in [0.2, 0.25) is 0 Å². The van der Waals surface area contributed by atoms with Crippen molar-refractivity contribution >= 4 is 39.4 Å². The molecule has 2 heterocycles. The molecule has 2 amide bonds. The van der Waals surface area contributed by atoms with Crippen molar-refractivity contribution in [1.82, 2.24) is 9.97 Å². The zero-order valence-electron chi connectivity index (χ0n) is 14.8. The summed E-state index contributed by atoms with van der Waals surface area (Å²) in [5, 5.41) is 6.60. The third kappa shape index (κ3) is 3.07. The zero-order valence-corrected chi connectivity index (χ0v) is 14.8. The maximum Gasteiger partial charge on any atom is 0.323 e. The first-order chi connectivity index (χ1) is 13.7. The number of anilines is 2. The number of aromatic nitrogens is 2. The predicted molar refractivity (Wildman–Crippen MR) is 110 cm³/mol. The monoisotopic (exact) mass is 368 g/mol. The molecule has 0 bridgehead atoms. The van der Waals surface area contributed by atoms with Crippen LogP contribution < -0.4 is 10.6 Å². The second kappa shape index (κ2) is 6.59. The fourth-order valence-corrected chi connectivity index (χ4v) is 3.14. The van der Waals surface area contributed by atoms with Crippen molar-refractivity contribution in [2.75, 3.05) is 10.6 Å². The smallest absolute Gasteiger partial charge is 0.323 e. The number of aromatic amines is 1. The molecule has 136 valence electrons. The summed E-state index contributed by atoms with van der Waals surface area (Å²) in [5.41, 5.74) is 5.05. The lowest BCUT2D eigenvalue weighted by Gasteiger charge is -2.08. The summed E-state index contributed by atoms with van der Waals surface area (Å²) in [7, 11) is 0. The van der Waals surface area contributed by atoms with E-state index in [-0.39, 0.29) is 6.03 Å². The number of H-pyrrole nitrogens is 1.